The Balaban J connectivity index is 1.95. The lowest BCUT2D eigenvalue weighted by atomic mass is 10.0. The van der Waals surface area contributed by atoms with Gasteiger partial charge < -0.3 is 4.42 Å². The second-order valence-electron chi connectivity index (χ2n) is 6.89. The van der Waals surface area contributed by atoms with Crippen molar-refractivity contribution in [3.63, 3.8) is 0 Å². The number of hydrogen-bond donors (Lipinski definition) is 1. The van der Waals surface area contributed by atoms with Crippen LogP contribution in [0.3, 0.4) is 0 Å². The molecule has 4 aromatic rings. The Morgan fingerprint density at radius 3 is 2.48 bits per heavy atom. The fraction of sp³-hybridized carbons (Fsp3) is 0.0833. The molecule has 0 saturated heterocycles. The van der Waals surface area contributed by atoms with Crippen LogP contribution in [0.4, 0.5) is 10.3 Å². The predicted octanol–water partition coefficient (Wildman–Crippen LogP) is 5.47. The van der Waals surface area contributed by atoms with Crippen molar-refractivity contribution in [3.8, 4) is 11.1 Å². The molecule has 5 heteroatoms. The lowest BCUT2D eigenvalue weighted by Gasteiger charge is -2.13. The molecule has 29 heavy (non-hydrogen) atoms. The number of carbonyl (C=O) groups is 1. The van der Waals surface area contributed by atoms with E-state index >= 15 is 0 Å². The van der Waals surface area contributed by atoms with Crippen molar-refractivity contribution in [1.82, 2.24) is 0 Å². The first-order chi connectivity index (χ1) is 14.0. The molecule has 3 aromatic carbocycles. The number of fused-ring (bicyclic) bond motifs is 1. The van der Waals surface area contributed by atoms with Gasteiger partial charge in [0.1, 0.15) is 11.4 Å². The van der Waals surface area contributed by atoms with Crippen LogP contribution in [0.5, 0.6) is 0 Å². The Bertz CT molecular complexity index is 1310. The van der Waals surface area contributed by atoms with Gasteiger partial charge in [-0.05, 0) is 43.2 Å². The normalized spacial score (nSPS) is 10.9. The summed E-state index contributed by atoms with van der Waals surface area (Å²) in [5, 5.41) is 3.02. The van der Waals surface area contributed by atoms with Gasteiger partial charge >= 0.3 is 0 Å². The van der Waals surface area contributed by atoms with Gasteiger partial charge in [0.05, 0.1) is 16.5 Å². The molecule has 4 rings (SSSR count). The molecule has 144 valence electrons. The minimum Gasteiger partial charge on any atom is -0.439 e. The van der Waals surface area contributed by atoms with E-state index in [1.54, 1.807) is 24.3 Å². The third kappa shape index (κ3) is 3.43. The van der Waals surface area contributed by atoms with Crippen LogP contribution < -0.4 is 10.7 Å². The van der Waals surface area contributed by atoms with Gasteiger partial charge in [0.2, 0.25) is 11.3 Å². The average Bonchev–Trinajstić information content (AvgIpc) is 2.69. The first-order valence-corrected chi connectivity index (χ1v) is 9.15. The first kappa shape index (κ1) is 18.6. The van der Waals surface area contributed by atoms with Gasteiger partial charge in [0, 0.05) is 0 Å². The van der Waals surface area contributed by atoms with E-state index in [2.05, 4.69) is 5.32 Å². The monoisotopic (exact) mass is 387 g/mol. The number of amides is 1. The van der Waals surface area contributed by atoms with Crippen molar-refractivity contribution in [2.45, 2.75) is 13.8 Å². The topological polar surface area (TPSA) is 59.3 Å². The highest BCUT2D eigenvalue weighted by atomic mass is 19.1. The van der Waals surface area contributed by atoms with Crippen LogP contribution in [-0.4, -0.2) is 5.91 Å². The zero-order chi connectivity index (χ0) is 20.5. The molecule has 4 nitrogen and oxygen atoms in total. The molecule has 0 saturated carbocycles. The summed E-state index contributed by atoms with van der Waals surface area (Å²) in [6, 6.07) is 18.3. The lowest BCUT2D eigenvalue weighted by molar-refractivity contribution is 0.102. The summed E-state index contributed by atoms with van der Waals surface area (Å²) >= 11 is 0. The number of carbonyl (C=O) groups excluding carboxylic acids is 1. The Hall–Kier alpha value is -3.73. The van der Waals surface area contributed by atoms with Crippen molar-refractivity contribution < 1.29 is 13.6 Å². The van der Waals surface area contributed by atoms with E-state index in [9.17, 15) is 14.0 Å². The van der Waals surface area contributed by atoms with Gasteiger partial charge in [-0.3, -0.25) is 14.9 Å². The van der Waals surface area contributed by atoms with E-state index in [1.165, 1.54) is 18.2 Å². The average molecular weight is 387 g/mol. The van der Waals surface area contributed by atoms with Gasteiger partial charge in [0.15, 0.2) is 0 Å². The summed E-state index contributed by atoms with van der Waals surface area (Å²) in [6.45, 7) is 3.73. The van der Waals surface area contributed by atoms with Gasteiger partial charge in [-0.2, -0.15) is 0 Å². The number of rotatable bonds is 3. The molecule has 0 aliphatic carbocycles. The van der Waals surface area contributed by atoms with Gasteiger partial charge in [0.25, 0.3) is 5.91 Å². The number of benzene rings is 3. The third-order valence-corrected chi connectivity index (χ3v) is 4.77. The quantitative estimate of drug-likeness (QED) is 0.507. The lowest BCUT2D eigenvalue weighted by Crippen LogP contribution is -2.17. The Morgan fingerprint density at radius 2 is 1.72 bits per heavy atom. The number of anilines is 1. The number of aryl methyl sites for hydroxylation is 2. The van der Waals surface area contributed by atoms with Crippen molar-refractivity contribution in [2.24, 2.45) is 0 Å². The van der Waals surface area contributed by atoms with Crippen molar-refractivity contribution in [2.75, 3.05) is 5.32 Å². The highest BCUT2D eigenvalue weighted by Crippen LogP contribution is 2.30. The molecule has 1 heterocycles. The summed E-state index contributed by atoms with van der Waals surface area (Å²) in [4.78, 5) is 26.0. The van der Waals surface area contributed by atoms with Crippen LogP contribution in [0.25, 0.3) is 22.1 Å². The Kier molecular flexibility index (Phi) is 4.72. The fourth-order valence-corrected chi connectivity index (χ4v) is 3.32. The summed E-state index contributed by atoms with van der Waals surface area (Å²) in [5.74, 6) is -1.34. The Labute approximate surface area is 166 Å². The fourth-order valence-electron chi connectivity index (χ4n) is 3.32. The highest BCUT2D eigenvalue weighted by molar-refractivity contribution is 6.06. The van der Waals surface area contributed by atoms with Gasteiger partial charge in [-0.1, -0.05) is 54.1 Å². The molecule has 0 bridgehead atoms. The number of hydrogen-bond acceptors (Lipinski definition) is 3. The second-order valence-corrected chi connectivity index (χ2v) is 6.89. The van der Waals surface area contributed by atoms with Crippen molar-refractivity contribution in [1.29, 1.82) is 0 Å². The molecule has 0 aliphatic rings. The van der Waals surface area contributed by atoms with E-state index in [1.807, 2.05) is 38.1 Å². The first-order valence-electron chi connectivity index (χ1n) is 9.15. The minimum atomic E-state index is -0.687. The van der Waals surface area contributed by atoms with Crippen molar-refractivity contribution in [3.05, 3.63) is 99.5 Å². The number of halogens is 1. The van der Waals surface area contributed by atoms with Crippen LogP contribution in [0.2, 0.25) is 0 Å². The predicted molar refractivity (Wildman–Crippen MR) is 112 cm³/mol. The van der Waals surface area contributed by atoms with E-state index in [0.29, 0.717) is 16.5 Å². The van der Waals surface area contributed by atoms with E-state index < -0.39 is 11.7 Å². The van der Waals surface area contributed by atoms with Crippen LogP contribution in [0.15, 0.2) is 75.9 Å². The molecule has 1 amide bonds. The van der Waals surface area contributed by atoms with Gasteiger partial charge in [-0.15, -0.1) is 0 Å². The van der Waals surface area contributed by atoms with Gasteiger partial charge in [-0.25, -0.2) is 4.39 Å². The molecule has 1 aromatic heterocycles. The maximum atomic E-state index is 14.1. The summed E-state index contributed by atoms with van der Waals surface area (Å²) in [5.41, 5.74) is 2.56. The molecular weight excluding hydrogens is 369 g/mol. The van der Waals surface area contributed by atoms with E-state index in [4.69, 9.17) is 4.42 Å². The summed E-state index contributed by atoms with van der Waals surface area (Å²) in [6.07, 6.45) is 0. The molecule has 0 spiro atoms. The maximum Gasteiger partial charge on any atom is 0.260 e. The SMILES string of the molecule is Cc1cccc(-c2c(NC(=O)c3ccccc3F)oc3c(C)cccc3c2=O)c1. The zero-order valence-corrected chi connectivity index (χ0v) is 16.0. The maximum absolute atomic E-state index is 14.1. The standard InChI is InChI=1S/C24H18FNO3/c1-14-7-5-9-16(13-14)20-21(27)18-11-6-8-15(2)22(18)29-24(20)26-23(28)17-10-3-4-12-19(17)25/h3-13H,1-2H3,(H,26,28). The molecule has 0 fully saturated rings. The van der Waals surface area contributed by atoms with Crippen LogP contribution >= 0.6 is 0 Å². The zero-order valence-electron chi connectivity index (χ0n) is 16.0. The largest absolute Gasteiger partial charge is 0.439 e. The third-order valence-electron chi connectivity index (χ3n) is 4.77. The number of para-hydroxylation sites is 1. The van der Waals surface area contributed by atoms with Crippen LogP contribution in [0, 0.1) is 19.7 Å². The molecule has 0 unspecified atom stereocenters. The Morgan fingerprint density at radius 1 is 0.966 bits per heavy atom. The minimum absolute atomic E-state index is 0.00402. The molecule has 0 aliphatic heterocycles. The molecule has 0 atom stereocenters. The summed E-state index contributed by atoms with van der Waals surface area (Å²) < 4.78 is 20.0. The molecular formula is C24H18FNO3. The second kappa shape index (κ2) is 7.36. The van der Waals surface area contributed by atoms with E-state index in [0.717, 1.165) is 11.1 Å². The highest BCUT2D eigenvalue weighted by Gasteiger charge is 2.21. The van der Waals surface area contributed by atoms with Crippen LogP contribution in [0.1, 0.15) is 21.5 Å². The molecule has 1 N–H and O–H groups in total. The van der Waals surface area contributed by atoms with E-state index in [-0.39, 0.29) is 22.4 Å². The summed E-state index contributed by atoms with van der Waals surface area (Å²) in [7, 11) is 0. The smallest absolute Gasteiger partial charge is 0.260 e. The number of nitrogens with one attached hydrogen (secondary N) is 1. The van der Waals surface area contributed by atoms with Crippen molar-refractivity contribution >= 4 is 22.8 Å². The van der Waals surface area contributed by atoms with Crippen LogP contribution in [-0.2, 0) is 0 Å². The molecule has 0 radical (unpaired) electrons.